The van der Waals surface area contributed by atoms with Crippen LogP contribution in [0.1, 0.15) is 12.0 Å². The largest absolute Gasteiger partial charge is 0.381 e. The molecule has 0 aliphatic carbocycles. The van der Waals surface area contributed by atoms with Crippen LogP contribution < -0.4 is 5.73 Å². The van der Waals surface area contributed by atoms with E-state index in [2.05, 4.69) is 52.1 Å². The van der Waals surface area contributed by atoms with Gasteiger partial charge in [-0.25, -0.2) is 0 Å². The molecule has 0 saturated carbocycles. The Morgan fingerprint density at radius 2 is 2.39 bits per heavy atom. The molecule has 100 valence electrons. The van der Waals surface area contributed by atoms with Gasteiger partial charge in [0.25, 0.3) is 0 Å². The van der Waals surface area contributed by atoms with Crippen molar-refractivity contribution in [2.75, 3.05) is 26.8 Å². The molecule has 1 saturated heterocycles. The number of likely N-dealkylation sites (N-methyl/N-ethyl adjacent to an activating group) is 1. The molecule has 18 heavy (non-hydrogen) atoms. The molecule has 2 rings (SSSR count). The van der Waals surface area contributed by atoms with E-state index in [1.807, 2.05) is 0 Å². The van der Waals surface area contributed by atoms with Crippen molar-refractivity contribution in [3.8, 4) is 0 Å². The Morgan fingerprint density at radius 1 is 1.56 bits per heavy atom. The predicted molar refractivity (Wildman–Crippen MR) is 77.4 cm³/mol. The second-order valence-corrected chi connectivity index (χ2v) is 5.89. The van der Waals surface area contributed by atoms with Gasteiger partial charge in [0, 0.05) is 36.1 Å². The van der Waals surface area contributed by atoms with Crippen molar-refractivity contribution in [1.82, 2.24) is 4.90 Å². The first-order valence-corrected chi connectivity index (χ1v) is 7.22. The van der Waals surface area contributed by atoms with Gasteiger partial charge in [0.2, 0.25) is 0 Å². The molecule has 1 aromatic rings. The zero-order valence-corrected chi connectivity index (χ0v) is 12.4. The van der Waals surface area contributed by atoms with Gasteiger partial charge in [-0.2, -0.15) is 0 Å². The zero-order chi connectivity index (χ0) is 13.0. The van der Waals surface area contributed by atoms with Crippen LogP contribution >= 0.6 is 15.9 Å². The topological polar surface area (TPSA) is 38.5 Å². The second-order valence-electron chi connectivity index (χ2n) is 4.97. The van der Waals surface area contributed by atoms with Crippen LogP contribution in [0.5, 0.6) is 0 Å². The summed E-state index contributed by atoms with van der Waals surface area (Å²) in [4.78, 5) is 2.35. The molecule has 0 bridgehead atoms. The fraction of sp³-hybridized carbons (Fsp3) is 0.571. The maximum atomic E-state index is 5.93. The first-order valence-electron chi connectivity index (χ1n) is 6.43. The van der Waals surface area contributed by atoms with Crippen LogP contribution in [0.2, 0.25) is 0 Å². The van der Waals surface area contributed by atoms with Crippen molar-refractivity contribution in [2.45, 2.75) is 19.0 Å². The van der Waals surface area contributed by atoms with Crippen molar-refractivity contribution < 1.29 is 4.74 Å². The van der Waals surface area contributed by atoms with Gasteiger partial charge in [-0.3, -0.25) is 4.90 Å². The monoisotopic (exact) mass is 312 g/mol. The Hall–Kier alpha value is -0.420. The van der Waals surface area contributed by atoms with Gasteiger partial charge in [-0.05, 0) is 31.2 Å². The highest BCUT2D eigenvalue weighted by atomic mass is 79.9. The zero-order valence-electron chi connectivity index (χ0n) is 10.8. The molecule has 1 aromatic carbocycles. The molecular formula is C14H21BrN2O. The predicted octanol–water partition coefficient (Wildman–Crippen LogP) is 2.24. The quantitative estimate of drug-likeness (QED) is 0.906. The summed E-state index contributed by atoms with van der Waals surface area (Å²) in [6.07, 6.45) is 1.13. The third-order valence-corrected chi connectivity index (χ3v) is 4.13. The summed E-state index contributed by atoms with van der Waals surface area (Å²) < 4.78 is 6.60. The second kappa shape index (κ2) is 6.66. The van der Waals surface area contributed by atoms with Gasteiger partial charge in [-0.1, -0.05) is 28.1 Å². The van der Waals surface area contributed by atoms with Crippen LogP contribution in [0.4, 0.5) is 0 Å². The van der Waals surface area contributed by atoms with Crippen LogP contribution in [0.25, 0.3) is 0 Å². The number of hydrogen-bond acceptors (Lipinski definition) is 3. The Morgan fingerprint density at radius 3 is 3.00 bits per heavy atom. The molecule has 1 aliphatic heterocycles. The van der Waals surface area contributed by atoms with E-state index in [1.165, 1.54) is 5.56 Å². The summed E-state index contributed by atoms with van der Waals surface area (Å²) in [7, 11) is 2.15. The van der Waals surface area contributed by atoms with Crippen molar-refractivity contribution >= 4 is 15.9 Å². The van der Waals surface area contributed by atoms with Crippen molar-refractivity contribution in [3.05, 3.63) is 34.3 Å². The van der Waals surface area contributed by atoms with E-state index >= 15 is 0 Å². The molecule has 2 N–H and O–H groups in total. The minimum Gasteiger partial charge on any atom is -0.381 e. The van der Waals surface area contributed by atoms with Crippen LogP contribution in [-0.4, -0.2) is 37.7 Å². The maximum Gasteiger partial charge on any atom is 0.0510 e. The first-order chi connectivity index (χ1) is 8.70. The number of hydrogen-bond donors (Lipinski definition) is 1. The molecule has 0 radical (unpaired) electrons. The molecule has 0 amide bonds. The van der Waals surface area contributed by atoms with Gasteiger partial charge in [0.1, 0.15) is 0 Å². The minimum atomic E-state index is 0.409. The lowest BCUT2D eigenvalue weighted by Crippen LogP contribution is -2.43. The summed E-state index contributed by atoms with van der Waals surface area (Å²) in [6.45, 7) is 3.35. The van der Waals surface area contributed by atoms with E-state index in [0.717, 1.165) is 30.7 Å². The first kappa shape index (κ1) is 14.0. The van der Waals surface area contributed by atoms with E-state index in [9.17, 15) is 0 Å². The highest BCUT2D eigenvalue weighted by Gasteiger charge is 2.27. The molecule has 3 nitrogen and oxygen atoms in total. The van der Waals surface area contributed by atoms with Crippen LogP contribution in [0.15, 0.2) is 28.7 Å². The number of halogens is 1. The molecule has 0 aromatic heterocycles. The molecule has 1 heterocycles. The van der Waals surface area contributed by atoms with E-state index < -0.39 is 0 Å². The standard InChI is InChI=1S/C14H21BrN2O/c1-17(9-11-3-2-4-13(15)7-11)14(8-16)12-5-6-18-10-12/h2-4,7,12,14H,5-6,8-10,16H2,1H3. The van der Waals surface area contributed by atoms with Crippen LogP contribution in [0, 0.1) is 5.92 Å². The molecule has 2 atom stereocenters. The molecule has 1 fully saturated rings. The Labute approximate surface area is 117 Å². The van der Waals surface area contributed by atoms with Crippen molar-refractivity contribution in [3.63, 3.8) is 0 Å². The number of nitrogens with two attached hydrogens (primary N) is 1. The molecule has 0 spiro atoms. The number of ether oxygens (including phenoxy) is 1. The van der Waals surface area contributed by atoms with Gasteiger partial charge in [0.15, 0.2) is 0 Å². The van der Waals surface area contributed by atoms with E-state index in [-0.39, 0.29) is 0 Å². The Bertz CT molecular complexity index is 380. The third kappa shape index (κ3) is 3.54. The summed E-state index contributed by atoms with van der Waals surface area (Å²) in [5.74, 6) is 0.576. The van der Waals surface area contributed by atoms with E-state index in [1.54, 1.807) is 0 Å². The Balaban J connectivity index is 1.98. The van der Waals surface area contributed by atoms with E-state index in [4.69, 9.17) is 10.5 Å². The lowest BCUT2D eigenvalue weighted by molar-refractivity contribution is 0.136. The van der Waals surface area contributed by atoms with Gasteiger partial charge < -0.3 is 10.5 Å². The highest BCUT2D eigenvalue weighted by molar-refractivity contribution is 9.10. The average Bonchev–Trinajstić information content (AvgIpc) is 2.83. The van der Waals surface area contributed by atoms with Gasteiger partial charge in [0.05, 0.1) is 6.61 Å². The molecular weight excluding hydrogens is 292 g/mol. The summed E-state index contributed by atoms with van der Waals surface area (Å²) >= 11 is 3.51. The van der Waals surface area contributed by atoms with E-state index in [0.29, 0.717) is 18.5 Å². The average molecular weight is 313 g/mol. The number of benzene rings is 1. The molecule has 1 aliphatic rings. The summed E-state index contributed by atoms with van der Waals surface area (Å²) in [6, 6.07) is 8.85. The van der Waals surface area contributed by atoms with Gasteiger partial charge >= 0.3 is 0 Å². The third-order valence-electron chi connectivity index (χ3n) is 3.64. The fourth-order valence-electron chi connectivity index (χ4n) is 2.63. The summed E-state index contributed by atoms with van der Waals surface area (Å²) in [5.41, 5.74) is 7.24. The fourth-order valence-corrected chi connectivity index (χ4v) is 3.08. The van der Waals surface area contributed by atoms with Crippen molar-refractivity contribution in [1.29, 1.82) is 0 Å². The highest BCUT2D eigenvalue weighted by Crippen LogP contribution is 2.21. The summed E-state index contributed by atoms with van der Waals surface area (Å²) in [5, 5.41) is 0. The normalized spacial score (nSPS) is 21.4. The number of nitrogens with zero attached hydrogens (tertiary/aromatic N) is 1. The SMILES string of the molecule is CN(Cc1cccc(Br)c1)C(CN)C1CCOC1. The van der Waals surface area contributed by atoms with Crippen LogP contribution in [0.3, 0.4) is 0 Å². The van der Waals surface area contributed by atoms with Crippen molar-refractivity contribution in [2.24, 2.45) is 11.7 Å². The number of rotatable bonds is 5. The molecule has 2 unspecified atom stereocenters. The lowest BCUT2D eigenvalue weighted by atomic mass is 9.97. The lowest BCUT2D eigenvalue weighted by Gasteiger charge is -2.31. The maximum absolute atomic E-state index is 5.93. The Kier molecular flexibility index (Phi) is 5.18. The minimum absolute atomic E-state index is 0.409. The van der Waals surface area contributed by atoms with Gasteiger partial charge in [-0.15, -0.1) is 0 Å². The van der Waals surface area contributed by atoms with Crippen LogP contribution in [-0.2, 0) is 11.3 Å². The molecule has 4 heteroatoms. The smallest absolute Gasteiger partial charge is 0.0510 e.